The summed E-state index contributed by atoms with van der Waals surface area (Å²) in [7, 11) is 0. The van der Waals surface area contributed by atoms with Crippen LogP contribution in [0.15, 0.2) is 65.8 Å². The van der Waals surface area contributed by atoms with Gasteiger partial charge in [0.15, 0.2) is 0 Å². The number of aliphatic imine (C=N–C) groups is 1. The van der Waals surface area contributed by atoms with Crippen LogP contribution < -0.4 is 4.90 Å². The normalized spacial score (nSPS) is 18.0. The number of hydrogen-bond acceptors (Lipinski definition) is 4. The monoisotopic (exact) mass is 530 g/mol. The molecule has 39 heavy (non-hydrogen) atoms. The molecule has 6 heteroatoms. The lowest BCUT2D eigenvalue weighted by molar-refractivity contribution is 0.251. The van der Waals surface area contributed by atoms with E-state index in [4.69, 9.17) is 4.98 Å². The molecule has 0 radical (unpaired) electrons. The average Bonchev–Trinajstić information content (AvgIpc) is 3.45. The molecule has 0 saturated carbocycles. The van der Waals surface area contributed by atoms with E-state index in [0.717, 1.165) is 55.1 Å². The van der Waals surface area contributed by atoms with E-state index in [1.165, 1.54) is 63.3 Å². The molecule has 1 aromatic heterocycles. The van der Waals surface area contributed by atoms with Crippen LogP contribution in [0.1, 0.15) is 75.5 Å². The maximum Gasteiger partial charge on any atom is 0.135 e. The molecule has 0 spiro atoms. The molecular formula is C33H40F2N4. The van der Waals surface area contributed by atoms with Crippen molar-refractivity contribution in [2.24, 2.45) is 4.99 Å². The van der Waals surface area contributed by atoms with E-state index >= 15 is 0 Å². The number of pyridine rings is 1. The molecule has 2 aliphatic rings. The van der Waals surface area contributed by atoms with Gasteiger partial charge in [0.25, 0.3) is 0 Å². The summed E-state index contributed by atoms with van der Waals surface area (Å²) in [5, 5.41) is 0. The molecule has 4 nitrogen and oxygen atoms in total. The molecule has 206 valence electrons. The summed E-state index contributed by atoms with van der Waals surface area (Å²) >= 11 is 0. The van der Waals surface area contributed by atoms with Crippen molar-refractivity contribution in [1.82, 2.24) is 9.88 Å². The summed E-state index contributed by atoms with van der Waals surface area (Å²) in [4.78, 5) is 14.4. The van der Waals surface area contributed by atoms with Crippen LogP contribution in [0.4, 0.5) is 14.6 Å². The number of nitrogens with zero attached hydrogens (tertiary/aromatic N) is 4. The molecule has 5 rings (SSSR count). The van der Waals surface area contributed by atoms with Gasteiger partial charge >= 0.3 is 0 Å². The fourth-order valence-electron chi connectivity index (χ4n) is 5.75. The Labute approximate surface area is 231 Å². The minimum Gasteiger partial charge on any atom is -0.354 e. The second kappa shape index (κ2) is 13.3. The Bertz CT molecular complexity index is 1210. The fraction of sp³-hybridized carbons (Fsp3) is 0.455. The molecule has 1 atom stereocenters. The van der Waals surface area contributed by atoms with Gasteiger partial charge in [-0.15, -0.1) is 0 Å². The topological polar surface area (TPSA) is 31.7 Å². The Morgan fingerprint density at radius 2 is 1.49 bits per heavy atom. The molecule has 2 aliphatic heterocycles. The summed E-state index contributed by atoms with van der Waals surface area (Å²) in [5.41, 5.74) is 3.78. The lowest BCUT2D eigenvalue weighted by Crippen LogP contribution is -2.46. The number of hydrogen-bond donors (Lipinski definition) is 0. The molecule has 0 bridgehead atoms. The van der Waals surface area contributed by atoms with Crippen LogP contribution in [-0.4, -0.2) is 48.3 Å². The number of benzene rings is 2. The molecule has 3 heterocycles. The fourth-order valence-corrected chi connectivity index (χ4v) is 5.75. The third-order valence-electron chi connectivity index (χ3n) is 8.12. The highest BCUT2D eigenvalue weighted by atomic mass is 19.1. The Hall–Kier alpha value is -3.12. The van der Waals surface area contributed by atoms with Gasteiger partial charge in [0, 0.05) is 43.7 Å². The first-order valence-electron chi connectivity index (χ1n) is 14.7. The minimum absolute atomic E-state index is 0.0157. The van der Waals surface area contributed by atoms with Gasteiger partial charge in [-0.2, -0.15) is 0 Å². The highest BCUT2D eigenvalue weighted by Crippen LogP contribution is 2.33. The van der Waals surface area contributed by atoms with Crippen LogP contribution in [0, 0.1) is 11.6 Å². The van der Waals surface area contributed by atoms with E-state index in [-0.39, 0.29) is 11.6 Å². The van der Waals surface area contributed by atoms with Crippen molar-refractivity contribution in [2.75, 3.05) is 37.6 Å². The van der Waals surface area contributed by atoms with Gasteiger partial charge in [0.05, 0.1) is 11.6 Å². The SMILES string of the molecule is CCCCCCCCN1CCN(c2ccc(-c3ccc(C4CCC(c5c(F)cccc5F)=N4)cc3)cn2)CC1. The number of anilines is 1. The standard InChI is InChI=1S/C33H40F2N4/c1-2-3-4-5-6-7-19-38-20-22-39(23-21-38)32-18-15-27(24-36-32)25-11-13-26(14-12-25)30-16-17-31(37-30)33-28(34)9-8-10-29(33)35/h8-15,18,24,30H,2-7,16-17,19-23H2,1H3. The molecule has 1 fully saturated rings. The predicted molar refractivity (Wildman–Crippen MR) is 157 cm³/mol. The van der Waals surface area contributed by atoms with E-state index in [1.54, 1.807) is 0 Å². The highest BCUT2D eigenvalue weighted by Gasteiger charge is 2.24. The van der Waals surface area contributed by atoms with Gasteiger partial charge in [-0.3, -0.25) is 9.89 Å². The first-order valence-corrected chi connectivity index (χ1v) is 14.7. The van der Waals surface area contributed by atoms with Gasteiger partial charge in [-0.05, 0) is 61.2 Å². The van der Waals surface area contributed by atoms with E-state index in [1.807, 2.05) is 6.20 Å². The van der Waals surface area contributed by atoms with Gasteiger partial charge in [0.2, 0.25) is 0 Å². The number of halogens is 2. The maximum atomic E-state index is 14.2. The smallest absolute Gasteiger partial charge is 0.135 e. The molecule has 0 N–H and O–H groups in total. The third kappa shape index (κ3) is 6.91. The van der Waals surface area contributed by atoms with E-state index in [0.29, 0.717) is 12.1 Å². The Morgan fingerprint density at radius 1 is 0.795 bits per heavy atom. The molecular weight excluding hydrogens is 490 g/mol. The largest absolute Gasteiger partial charge is 0.354 e. The summed E-state index contributed by atoms with van der Waals surface area (Å²) in [6.45, 7) is 7.75. The van der Waals surface area contributed by atoms with E-state index in [9.17, 15) is 8.78 Å². The van der Waals surface area contributed by atoms with Crippen molar-refractivity contribution in [1.29, 1.82) is 0 Å². The first kappa shape index (κ1) is 27.4. The van der Waals surface area contributed by atoms with Gasteiger partial charge in [0.1, 0.15) is 17.5 Å². The minimum atomic E-state index is -0.546. The van der Waals surface area contributed by atoms with Crippen LogP contribution in [0.3, 0.4) is 0 Å². The average molecular weight is 531 g/mol. The van der Waals surface area contributed by atoms with Crippen LogP contribution in [0.5, 0.6) is 0 Å². The van der Waals surface area contributed by atoms with Crippen LogP contribution in [0.25, 0.3) is 11.1 Å². The van der Waals surface area contributed by atoms with E-state index in [2.05, 4.69) is 58.1 Å². The second-order valence-electron chi connectivity index (χ2n) is 10.9. The van der Waals surface area contributed by atoms with Gasteiger partial charge in [-0.25, -0.2) is 13.8 Å². The molecule has 2 aromatic carbocycles. The molecule has 0 amide bonds. The molecule has 1 unspecified atom stereocenters. The molecule has 3 aromatic rings. The van der Waals surface area contributed by atoms with Crippen LogP contribution >= 0.6 is 0 Å². The number of unbranched alkanes of at least 4 members (excludes halogenated alkanes) is 5. The van der Waals surface area contributed by atoms with E-state index < -0.39 is 11.6 Å². The van der Waals surface area contributed by atoms with Crippen molar-refractivity contribution in [3.05, 3.63) is 83.6 Å². The number of rotatable bonds is 11. The molecule has 0 aliphatic carbocycles. The van der Waals surface area contributed by atoms with Crippen molar-refractivity contribution in [2.45, 2.75) is 64.3 Å². The zero-order valence-electron chi connectivity index (χ0n) is 23.1. The van der Waals surface area contributed by atoms with Crippen molar-refractivity contribution < 1.29 is 8.78 Å². The first-order chi connectivity index (χ1) is 19.1. The summed E-state index contributed by atoms with van der Waals surface area (Å²) in [6, 6.07) is 16.5. The Kier molecular flexibility index (Phi) is 9.36. The quantitative estimate of drug-likeness (QED) is 0.237. The van der Waals surface area contributed by atoms with Crippen molar-refractivity contribution >= 4 is 11.5 Å². The zero-order chi connectivity index (χ0) is 27.0. The van der Waals surface area contributed by atoms with Gasteiger partial charge < -0.3 is 4.90 Å². The lowest BCUT2D eigenvalue weighted by atomic mass is 10.00. The number of aromatic nitrogens is 1. The zero-order valence-corrected chi connectivity index (χ0v) is 23.1. The number of piperazine rings is 1. The van der Waals surface area contributed by atoms with Crippen LogP contribution in [0.2, 0.25) is 0 Å². The maximum absolute atomic E-state index is 14.2. The van der Waals surface area contributed by atoms with Gasteiger partial charge in [-0.1, -0.05) is 69.4 Å². The molecule has 1 saturated heterocycles. The Morgan fingerprint density at radius 3 is 2.18 bits per heavy atom. The van der Waals surface area contributed by atoms with Crippen molar-refractivity contribution in [3.8, 4) is 11.1 Å². The predicted octanol–water partition coefficient (Wildman–Crippen LogP) is 7.83. The summed E-state index contributed by atoms with van der Waals surface area (Å²) in [5.74, 6) is -0.0470. The summed E-state index contributed by atoms with van der Waals surface area (Å²) in [6.07, 6.45) is 11.4. The Balaban J connectivity index is 1.13. The van der Waals surface area contributed by atoms with Crippen LogP contribution in [-0.2, 0) is 0 Å². The van der Waals surface area contributed by atoms with Crippen molar-refractivity contribution in [3.63, 3.8) is 0 Å². The highest BCUT2D eigenvalue weighted by molar-refractivity contribution is 6.02. The second-order valence-corrected chi connectivity index (χ2v) is 10.9. The third-order valence-corrected chi connectivity index (χ3v) is 8.12. The lowest BCUT2D eigenvalue weighted by Gasteiger charge is -2.35. The summed E-state index contributed by atoms with van der Waals surface area (Å²) < 4.78 is 28.4.